The fraction of sp³-hybridized carbons (Fsp3) is 0.600. The smallest absolute Gasteiger partial charge is 0.370 e. The lowest BCUT2D eigenvalue weighted by atomic mass is 10.4. The molecule has 0 unspecified atom stereocenters. The maximum atomic E-state index is 6.24. The molecule has 1 aromatic rings. The lowest BCUT2D eigenvalue weighted by molar-refractivity contribution is 0.0732. The fourth-order valence-electron chi connectivity index (χ4n) is 2.45. The van der Waals surface area contributed by atoms with Gasteiger partial charge in [0.2, 0.25) is 0 Å². The summed E-state index contributed by atoms with van der Waals surface area (Å²) in [4.78, 5) is 0. The summed E-state index contributed by atoms with van der Waals surface area (Å²) in [6.45, 7) is 0.960. The van der Waals surface area contributed by atoms with Crippen molar-refractivity contribution < 1.29 is 13.3 Å². The van der Waals surface area contributed by atoms with Crippen molar-refractivity contribution in [2.24, 2.45) is 0 Å². The van der Waals surface area contributed by atoms with E-state index in [1.807, 2.05) is 30.3 Å². The minimum Gasteiger partial charge on any atom is -0.370 e. The third-order valence-electron chi connectivity index (χ3n) is 3.82. The number of rotatable bonds is 16. The topological polar surface area (TPSA) is 27.7 Å². The SMILES string of the molecule is Cl[Si](Cl)(Cl)CCCO[Si](OCCC[Si](Cl)(Cl)Cl)(OCCC[Si](Cl)(Cl)Cl)c1ccccc1. The molecule has 0 fully saturated rings. The first-order valence-electron chi connectivity index (χ1n) is 9.40. The molecule has 0 N–H and O–H groups in total. The molecule has 1 aromatic carbocycles. The van der Waals surface area contributed by atoms with Crippen LogP contribution >= 0.6 is 99.7 Å². The van der Waals surface area contributed by atoms with E-state index in [4.69, 9.17) is 113 Å². The summed E-state index contributed by atoms with van der Waals surface area (Å²) in [5, 5.41) is 0.818. The average Bonchev–Trinajstić information content (AvgIpc) is 2.63. The molecule has 0 bridgehead atoms. The lowest BCUT2D eigenvalue weighted by Gasteiger charge is -2.30. The molecule has 0 aliphatic carbocycles. The van der Waals surface area contributed by atoms with Crippen molar-refractivity contribution in [1.82, 2.24) is 0 Å². The van der Waals surface area contributed by atoms with E-state index in [0.29, 0.717) is 57.2 Å². The minimum atomic E-state index is -3.30. The van der Waals surface area contributed by atoms with Gasteiger partial charge in [-0.15, -0.1) is 99.7 Å². The third kappa shape index (κ3) is 16.0. The molecule has 1 rings (SSSR count). The van der Waals surface area contributed by atoms with Crippen LogP contribution in [0.15, 0.2) is 30.3 Å². The Balaban J connectivity index is 2.92. The van der Waals surface area contributed by atoms with E-state index in [1.165, 1.54) is 0 Å². The molecular formula is C15H23Cl9O3Si4. The first-order chi connectivity index (χ1) is 14.2. The molecule has 0 saturated heterocycles. The van der Waals surface area contributed by atoms with Crippen LogP contribution < -0.4 is 5.19 Å². The second-order valence-electron chi connectivity index (χ2n) is 6.62. The highest BCUT2D eigenvalue weighted by molar-refractivity contribution is 7.65. The molecule has 0 aromatic heterocycles. The van der Waals surface area contributed by atoms with Gasteiger partial charge in [-0.2, -0.15) is 0 Å². The van der Waals surface area contributed by atoms with Crippen LogP contribution in [0.1, 0.15) is 19.3 Å². The largest absolute Gasteiger partial charge is 0.537 e. The van der Waals surface area contributed by atoms with E-state index in [1.54, 1.807) is 0 Å². The van der Waals surface area contributed by atoms with Gasteiger partial charge in [0.1, 0.15) is 0 Å². The van der Waals surface area contributed by atoms with Crippen LogP contribution in [0.3, 0.4) is 0 Å². The zero-order chi connectivity index (χ0) is 23.6. The van der Waals surface area contributed by atoms with Crippen molar-refractivity contribution in [3.8, 4) is 0 Å². The predicted octanol–water partition coefficient (Wildman–Crippen LogP) is 8.02. The molecule has 3 nitrogen and oxygen atoms in total. The zero-order valence-electron chi connectivity index (χ0n) is 16.4. The van der Waals surface area contributed by atoms with Gasteiger partial charge in [0, 0.05) is 25.0 Å². The van der Waals surface area contributed by atoms with Gasteiger partial charge in [0.25, 0.3) is 0 Å². The first kappa shape index (κ1) is 31.6. The zero-order valence-corrected chi connectivity index (χ0v) is 27.2. The minimum absolute atomic E-state index is 0.320. The molecule has 0 amide bonds. The van der Waals surface area contributed by atoms with Gasteiger partial charge in [-0.25, -0.2) is 0 Å². The van der Waals surface area contributed by atoms with Crippen molar-refractivity contribution in [3.05, 3.63) is 30.3 Å². The predicted molar refractivity (Wildman–Crippen MR) is 148 cm³/mol. The van der Waals surface area contributed by atoms with E-state index in [-0.39, 0.29) is 0 Å². The van der Waals surface area contributed by atoms with Gasteiger partial charge in [0.15, 0.2) is 0 Å². The Morgan fingerprint density at radius 1 is 0.516 bits per heavy atom. The molecule has 16 heteroatoms. The summed E-state index contributed by atoms with van der Waals surface area (Å²) < 4.78 is 18.7. The van der Waals surface area contributed by atoms with Gasteiger partial charge in [-0.3, -0.25) is 0 Å². The number of benzene rings is 1. The van der Waals surface area contributed by atoms with Crippen LogP contribution in [0.25, 0.3) is 0 Å². The number of halogens is 9. The quantitative estimate of drug-likeness (QED) is 0.101. The van der Waals surface area contributed by atoms with E-state index in [0.717, 1.165) is 5.19 Å². The Labute approximate surface area is 230 Å². The number of hydrogen-bond acceptors (Lipinski definition) is 3. The Kier molecular flexibility index (Phi) is 15.3. The Morgan fingerprint density at radius 3 is 1.13 bits per heavy atom. The lowest BCUT2D eigenvalue weighted by Crippen LogP contribution is -2.57. The van der Waals surface area contributed by atoms with Crippen molar-refractivity contribution in [2.75, 3.05) is 19.8 Å². The summed E-state index contributed by atoms with van der Waals surface area (Å²) in [6, 6.07) is 2.66. The normalized spacial score (nSPS) is 13.6. The van der Waals surface area contributed by atoms with Crippen molar-refractivity contribution in [2.45, 2.75) is 37.4 Å². The molecule has 0 atom stereocenters. The summed E-state index contributed by atoms with van der Waals surface area (Å²) in [5.74, 6) is 0. The van der Waals surface area contributed by atoms with Crippen LogP contribution in [0.5, 0.6) is 0 Å². The standard InChI is InChI=1S/C15H23Cl9O3Si4/c16-28(17,18)12-4-9-25-31(15-7-2-1-3-8-15,26-10-5-13-29(19,20)21)27-11-6-14-30(22,23)24/h1-3,7-8H,4-6,9-14H2. The van der Waals surface area contributed by atoms with E-state index in [2.05, 4.69) is 0 Å². The summed E-state index contributed by atoms with van der Waals surface area (Å²) in [7, 11) is -3.30. The van der Waals surface area contributed by atoms with Crippen LogP contribution in [-0.4, -0.2) is 46.6 Å². The molecule has 180 valence electrons. The van der Waals surface area contributed by atoms with Crippen LogP contribution in [-0.2, 0) is 13.3 Å². The van der Waals surface area contributed by atoms with E-state index in [9.17, 15) is 0 Å². The summed E-state index contributed by atoms with van der Waals surface area (Å²) in [6.07, 6.45) is 1.71. The molecule has 31 heavy (non-hydrogen) atoms. The van der Waals surface area contributed by atoms with Gasteiger partial charge in [-0.1, -0.05) is 30.3 Å². The van der Waals surface area contributed by atoms with Crippen molar-refractivity contribution in [3.63, 3.8) is 0 Å². The van der Waals surface area contributed by atoms with Gasteiger partial charge in [-0.05, 0) is 37.4 Å². The molecule has 0 spiro atoms. The maximum Gasteiger partial charge on any atom is 0.537 e. The fourth-order valence-corrected chi connectivity index (χ4v) is 10.3. The van der Waals surface area contributed by atoms with Crippen molar-refractivity contribution in [1.29, 1.82) is 0 Å². The van der Waals surface area contributed by atoms with Crippen LogP contribution in [0.2, 0.25) is 18.1 Å². The molecule has 0 aliphatic rings. The summed E-state index contributed by atoms with van der Waals surface area (Å²) in [5.41, 5.74) is 0. The molecule has 0 aliphatic heterocycles. The Morgan fingerprint density at radius 2 is 0.839 bits per heavy atom. The van der Waals surface area contributed by atoms with Gasteiger partial charge < -0.3 is 13.3 Å². The second-order valence-corrected chi connectivity index (χ2v) is 37.0. The first-order valence-corrected chi connectivity index (χ1v) is 26.9. The molecule has 0 radical (unpaired) electrons. The second kappa shape index (κ2) is 15.0. The van der Waals surface area contributed by atoms with Crippen LogP contribution in [0, 0.1) is 0 Å². The maximum absolute atomic E-state index is 6.24. The number of hydrogen-bond donors (Lipinski definition) is 0. The monoisotopic (exact) mass is 678 g/mol. The van der Waals surface area contributed by atoms with Crippen LogP contribution in [0.4, 0.5) is 0 Å². The molecule has 0 saturated carbocycles. The highest BCUT2D eigenvalue weighted by atomic mass is 35.9. The van der Waals surface area contributed by atoms with Crippen molar-refractivity contribution >= 4 is 132 Å². The van der Waals surface area contributed by atoms with E-state index >= 15 is 0 Å². The van der Waals surface area contributed by atoms with Gasteiger partial charge >= 0.3 is 26.8 Å². The Bertz CT molecular complexity index is 572. The average molecular weight is 683 g/mol. The van der Waals surface area contributed by atoms with E-state index < -0.39 is 26.8 Å². The summed E-state index contributed by atoms with van der Waals surface area (Å²) >= 11 is 53.9. The van der Waals surface area contributed by atoms with Gasteiger partial charge in [0.05, 0.1) is 0 Å². The third-order valence-corrected chi connectivity index (χ3v) is 14.5. The highest BCUT2D eigenvalue weighted by Gasteiger charge is 2.44. The molecular weight excluding hydrogens is 660 g/mol. The Hall–Kier alpha value is 2.58. The highest BCUT2D eigenvalue weighted by Crippen LogP contribution is 2.29. The molecule has 0 heterocycles.